The minimum absolute atomic E-state index is 0.545. The van der Waals surface area contributed by atoms with E-state index in [1.54, 1.807) is 0 Å². The van der Waals surface area contributed by atoms with Crippen molar-refractivity contribution in [2.45, 2.75) is 45.2 Å². The monoisotopic (exact) mass is 269 g/mol. The number of fused-ring (bicyclic) bond motifs is 1. The fourth-order valence-electron chi connectivity index (χ4n) is 3.22. The third kappa shape index (κ3) is 2.38. The highest BCUT2D eigenvalue weighted by molar-refractivity contribution is 5.94. The first-order valence-corrected chi connectivity index (χ1v) is 7.64. The third-order valence-corrected chi connectivity index (χ3v) is 4.40. The zero-order valence-corrected chi connectivity index (χ0v) is 12.2. The summed E-state index contributed by atoms with van der Waals surface area (Å²) in [4.78, 5) is 7.22. The highest BCUT2D eigenvalue weighted by atomic mass is 15.2. The second kappa shape index (κ2) is 5.80. The summed E-state index contributed by atoms with van der Waals surface area (Å²) < 4.78 is 0. The van der Waals surface area contributed by atoms with Crippen LogP contribution in [-0.2, 0) is 6.54 Å². The van der Waals surface area contributed by atoms with E-state index < -0.39 is 0 Å². The minimum atomic E-state index is 0.545. The van der Waals surface area contributed by atoms with Crippen LogP contribution in [0.3, 0.4) is 0 Å². The molecule has 0 radical (unpaired) electrons. The van der Waals surface area contributed by atoms with Crippen molar-refractivity contribution in [1.82, 2.24) is 4.98 Å². The summed E-state index contributed by atoms with van der Waals surface area (Å²) in [6.45, 7) is 3.97. The first kappa shape index (κ1) is 13.4. The molecule has 1 saturated heterocycles. The molecule has 0 spiro atoms. The first-order chi connectivity index (χ1) is 9.81. The zero-order chi connectivity index (χ0) is 13.9. The molecular formula is C17H23N3. The van der Waals surface area contributed by atoms with Gasteiger partial charge in [0.2, 0.25) is 0 Å². The highest BCUT2D eigenvalue weighted by Crippen LogP contribution is 2.30. The number of anilines is 1. The van der Waals surface area contributed by atoms with Gasteiger partial charge in [-0.2, -0.15) is 0 Å². The van der Waals surface area contributed by atoms with Gasteiger partial charge in [-0.05, 0) is 30.7 Å². The maximum atomic E-state index is 5.84. The van der Waals surface area contributed by atoms with Crippen LogP contribution in [-0.4, -0.2) is 17.6 Å². The average molecular weight is 269 g/mol. The molecule has 1 aromatic heterocycles. The standard InChI is InChI=1S/C17H23N3/c1-13-7-3-2-6-10-20(13)17-16-9-5-4-8-15(16)14(11-18)12-19-17/h4-5,8-9,12-13H,2-3,6-7,10-11,18H2,1H3. The predicted octanol–water partition coefficient (Wildman–Crippen LogP) is 3.46. The summed E-state index contributed by atoms with van der Waals surface area (Å²) in [5, 5.41) is 2.49. The van der Waals surface area contributed by atoms with Gasteiger partial charge in [-0.15, -0.1) is 0 Å². The largest absolute Gasteiger partial charge is 0.353 e. The number of nitrogens with zero attached hydrogens (tertiary/aromatic N) is 2. The molecule has 1 atom stereocenters. The van der Waals surface area contributed by atoms with E-state index in [0.717, 1.165) is 17.9 Å². The van der Waals surface area contributed by atoms with Crippen molar-refractivity contribution in [3.63, 3.8) is 0 Å². The summed E-state index contributed by atoms with van der Waals surface area (Å²) in [5.74, 6) is 1.13. The molecule has 1 unspecified atom stereocenters. The Hall–Kier alpha value is -1.61. The normalized spacial score (nSPS) is 20.1. The molecule has 106 valence electrons. The van der Waals surface area contributed by atoms with Crippen molar-refractivity contribution in [2.75, 3.05) is 11.4 Å². The Labute approximate surface area is 120 Å². The lowest BCUT2D eigenvalue weighted by molar-refractivity contribution is 0.612. The lowest BCUT2D eigenvalue weighted by Crippen LogP contribution is -2.33. The van der Waals surface area contributed by atoms with E-state index >= 15 is 0 Å². The summed E-state index contributed by atoms with van der Waals surface area (Å²) in [6.07, 6.45) is 7.14. The molecule has 1 aliphatic heterocycles. The third-order valence-electron chi connectivity index (χ3n) is 4.40. The summed E-state index contributed by atoms with van der Waals surface area (Å²) >= 11 is 0. The van der Waals surface area contributed by atoms with Gasteiger partial charge in [0.1, 0.15) is 5.82 Å². The molecule has 2 heterocycles. The van der Waals surface area contributed by atoms with Crippen molar-refractivity contribution in [3.05, 3.63) is 36.0 Å². The Morgan fingerprint density at radius 1 is 1.20 bits per heavy atom. The highest BCUT2D eigenvalue weighted by Gasteiger charge is 2.20. The molecule has 3 rings (SSSR count). The van der Waals surface area contributed by atoms with Crippen LogP contribution in [0.15, 0.2) is 30.5 Å². The van der Waals surface area contributed by atoms with Crippen molar-refractivity contribution in [3.8, 4) is 0 Å². The van der Waals surface area contributed by atoms with Gasteiger partial charge in [-0.25, -0.2) is 4.98 Å². The Morgan fingerprint density at radius 3 is 2.80 bits per heavy atom. The summed E-state index contributed by atoms with van der Waals surface area (Å²) in [6, 6.07) is 9.07. The Bertz CT molecular complexity index is 594. The topological polar surface area (TPSA) is 42.2 Å². The first-order valence-electron chi connectivity index (χ1n) is 7.64. The van der Waals surface area contributed by atoms with Crippen LogP contribution in [0, 0.1) is 0 Å². The lowest BCUT2D eigenvalue weighted by atomic mass is 10.1. The molecule has 2 aromatic rings. The number of benzene rings is 1. The number of rotatable bonds is 2. The van der Waals surface area contributed by atoms with Gasteiger partial charge in [-0.3, -0.25) is 0 Å². The Kier molecular flexibility index (Phi) is 3.88. The second-order valence-electron chi connectivity index (χ2n) is 5.75. The van der Waals surface area contributed by atoms with Crippen molar-refractivity contribution in [2.24, 2.45) is 5.73 Å². The Balaban J connectivity index is 2.11. The smallest absolute Gasteiger partial charge is 0.136 e. The molecule has 0 aliphatic carbocycles. The fraction of sp³-hybridized carbons (Fsp3) is 0.471. The molecule has 3 heteroatoms. The van der Waals surface area contributed by atoms with Crippen LogP contribution < -0.4 is 10.6 Å². The number of hydrogen-bond acceptors (Lipinski definition) is 3. The van der Waals surface area contributed by atoms with Gasteiger partial charge in [0.15, 0.2) is 0 Å². The molecule has 3 nitrogen and oxygen atoms in total. The van der Waals surface area contributed by atoms with Gasteiger partial charge in [-0.1, -0.05) is 37.1 Å². The molecule has 0 saturated carbocycles. The molecule has 1 aliphatic rings. The molecule has 0 bridgehead atoms. The number of nitrogens with two attached hydrogens (primary N) is 1. The van der Waals surface area contributed by atoms with Crippen LogP contribution in [0.1, 0.15) is 38.2 Å². The second-order valence-corrected chi connectivity index (χ2v) is 5.75. The lowest BCUT2D eigenvalue weighted by Gasteiger charge is -2.29. The molecule has 0 amide bonds. The van der Waals surface area contributed by atoms with E-state index in [1.165, 1.54) is 36.5 Å². The van der Waals surface area contributed by atoms with E-state index in [-0.39, 0.29) is 0 Å². The van der Waals surface area contributed by atoms with Crippen molar-refractivity contribution < 1.29 is 0 Å². The van der Waals surface area contributed by atoms with Gasteiger partial charge >= 0.3 is 0 Å². The molecular weight excluding hydrogens is 246 g/mol. The van der Waals surface area contributed by atoms with Gasteiger partial charge < -0.3 is 10.6 Å². The summed E-state index contributed by atoms with van der Waals surface area (Å²) in [5.41, 5.74) is 6.97. The molecule has 20 heavy (non-hydrogen) atoms. The number of hydrogen-bond donors (Lipinski definition) is 1. The van der Waals surface area contributed by atoms with E-state index in [0.29, 0.717) is 12.6 Å². The van der Waals surface area contributed by atoms with E-state index in [9.17, 15) is 0 Å². The number of pyridine rings is 1. The molecule has 2 N–H and O–H groups in total. The predicted molar refractivity (Wildman–Crippen MR) is 84.9 cm³/mol. The van der Waals surface area contributed by atoms with Crippen LogP contribution in [0.4, 0.5) is 5.82 Å². The van der Waals surface area contributed by atoms with Crippen LogP contribution in [0.25, 0.3) is 10.8 Å². The Morgan fingerprint density at radius 2 is 2.00 bits per heavy atom. The number of aromatic nitrogens is 1. The van der Waals surface area contributed by atoms with Gasteiger partial charge in [0, 0.05) is 30.7 Å². The van der Waals surface area contributed by atoms with Gasteiger partial charge in [0.05, 0.1) is 0 Å². The maximum Gasteiger partial charge on any atom is 0.136 e. The quantitative estimate of drug-likeness (QED) is 0.907. The SMILES string of the molecule is CC1CCCCCN1c1ncc(CN)c2ccccc12. The van der Waals surface area contributed by atoms with Crippen molar-refractivity contribution in [1.29, 1.82) is 0 Å². The maximum absolute atomic E-state index is 5.84. The van der Waals surface area contributed by atoms with Crippen LogP contribution in [0.5, 0.6) is 0 Å². The van der Waals surface area contributed by atoms with E-state index in [2.05, 4.69) is 36.1 Å². The van der Waals surface area contributed by atoms with Crippen LogP contribution >= 0.6 is 0 Å². The zero-order valence-electron chi connectivity index (χ0n) is 12.2. The van der Waals surface area contributed by atoms with E-state index in [4.69, 9.17) is 10.7 Å². The van der Waals surface area contributed by atoms with Crippen LogP contribution in [0.2, 0.25) is 0 Å². The molecule has 1 aromatic carbocycles. The summed E-state index contributed by atoms with van der Waals surface area (Å²) in [7, 11) is 0. The van der Waals surface area contributed by atoms with Crippen molar-refractivity contribution >= 4 is 16.6 Å². The van der Waals surface area contributed by atoms with Gasteiger partial charge in [0.25, 0.3) is 0 Å². The average Bonchev–Trinajstić information content (AvgIpc) is 2.71. The van der Waals surface area contributed by atoms with E-state index in [1.807, 2.05) is 6.20 Å². The fourth-order valence-corrected chi connectivity index (χ4v) is 3.22. The minimum Gasteiger partial charge on any atom is -0.353 e. The molecule has 1 fully saturated rings.